The number of benzene rings is 1. The van der Waals surface area contributed by atoms with Gasteiger partial charge in [0.1, 0.15) is 5.82 Å². The molecule has 2 aromatic rings. The number of hydrogen-bond acceptors (Lipinski definition) is 4. The van der Waals surface area contributed by atoms with Crippen LogP contribution in [-0.2, 0) is 12.7 Å². The minimum atomic E-state index is -4.40. The average Bonchev–Trinajstić information content (AvgIpc) is 2.99. The van der Waals surface area contributed by atoms with Crippen LogP contribution in [0.3, 0.4) is 0 Å². The average molecular weight is 448 g/mol. The van der Waals surface area contributed by atoms with E-state index in [1.807, 2.05) is 6.07 Å². The van der Waals surface area contributed by atoms with Gasteiger partial charge >= 0.3 is 12.2 Å². The van der Waals surface area contributed by atoms with Crippen LogP contribution in [0.25, 0.3) is 0 Å². The number of piperidine rings is 1. The predicted octanol–water partition coefficient (Wildman–Crippen LogP) is 4.01. The van der Waals surface area contributed by atoms with E-state index in [0.29, 0.717) is 31.0 Å². The van der Waals surface area contributed by atoms with Crippen molar-refractivity contribution >= 4 is 11.8 Å². The zero-order valence-corrected chi connectivity index (χ0v) is 17.7. The quantitative estimate of drug-likeness (QED) is 0.561. The number of nitrogens with zero attached hydrogens (tertiary/aromatic N) is 2. The number of aromatic nitrogens is 1. The number of fused-ring (bicyclic) bond motifs is 2. The molecule has 2 aliphatic heterocycles. The molecule has 0 saturated carbocycles. The van der Waals surface area contributed by atoms with Crippen LogP contribution in [0.1, 0.15) is 36.8 Å². The Morgan fingerprint density at radius 3 is 2.38 bits per heavy atom. The number of rotatable bonds is 7. The third kappa shape index (κ3) is 5.70. The lowest BCUT2D eigenvalue weighted by Gasteiger charge is -2.39. The van der Waals surface area contributed by atoms with Crippen LogP contribution in [0.4, 0.5) is 23.8 Å². The van der Waals surface area contributed by atoms with Gasteiger partial charge in [0.05, 0.1) is 5.56 Å². The first-order valence-electron chi connectivity index (χ1n) is 11.0. The number of pyridine rings is 1. The lowest BCUT2D eigenvalue weighted by atomic mass is 9.96. The molecule has 172 valence electrons. The summed E-state index contributed by atoms with van der Waals surface area (Å²) in [5.74, 6) is 0.336. The number of amides is 2. The van der Waals surface area contributed by atoms with E-state index in [-0.39, 0.29) is 12.1 Å². The van der Waals surface area contributed by atoms with E-state index in [2.05, 4.69) is 50.1 Å². The summed E-state index contributed by atoms with van der Waals surface area (Å²) in [6.07, 6.45) is 0.626. The molecule has 32 heavy (non-hydrogen) atoms. The molecule has 2 bridgehead atoms. The molecule has 2 fully saturated rings. The molecule has 3 heterocycles. The monoisotopic (exact) mass is 447 g/mol. The second-order valence-corrected chi connectivity index (χ2v) is 8.47. The van der Waals surface area contributed by atoms with Gasteiger partial charge in [0.2, 0.25) is 0 Å². The van der Waals surface area contributed by atoms with Gasteiger partial charge in [-0.25, -0.2) is 9.78 Å². The first-order chi connectivity index (χ1) is 15.4. The number of alkyl halides is 3. The minimum Gasteiger partial charge on any atom is -0.368 e. The van der Waals surface area contributed by atoms with Gasteiger partial charge in [-0.15, -0.1) is 0 Å². The zero-order valence-electron chi connectivity index (χ0n) is 17.7. The van der Waals surface area contributed by atoms with Gasteiger partial charge in [-0.05, 0) is 43.4 Å². The molecule has 2 saturated heterocycles. The van der Waals surface area contributed by atoms with Crippen LogP contribution >= 0.6 is 0 Å². The second kappa shape index (κ2) is 9.77. The number of anilines is 1. The van der Waals surface area contributed by atoms with Crippen LogP contribution in [0.5, 0.6) is 0 Å². The van der Waals surface area contributed by atoms with E-state index in [0.717, 1.165) is 31.6 Å². The number of urea groups is 1. The molecule has 0 radical (unpaired) electrons. The summed E-state index contributed by atoms with van der Waals surface area (Å²) in [6, 6.07) is 13.7. The maximum Gasteiger partial charge on any atom is 0.417 e. The molecule has 9 heteroatoms. The number of carbonyl (C=O) groups excluding carboxylic acids is 1. The smallest absolute Gasteiger partial charge is 0.368 e. The zero-order chi connectivity index (χ0) is 22.6. The Morgan fingerprint density at radius 2 is 1.75 bits per heavy atom. The van der Waals surface area contributed by atoms with Crippen molar-refractivity contribution in [3.63, 3.8) is 0 Å². The maximum atomic E-state index is 12.6. The molecule has 6 nitrogen and oxygen atoms in total. The standard InChI is InChI=1S/C23H28F3N5O/c24-23(25,26)17-6-9-21(29-14-17)27-10-11-28-22(32)30-18-12-19-7-8-20(13-18)31(19)15-16-4-2-1-3-5-16/h1-6,9,14,18-20H,7-8,10-13,15H2,(H,27,29)(H2,28,30,32). The highest BCUT2D eigenvalue weighted by atomic mass is 19.4. The van der Waals surface area contributed by atoms with Crippen LogP contribution in [0, 0.1) is 0 Å². The van der Waals surface area contributed by atoms with Gasteiger partial charge in [0, 0.05) is 44.0 Å². The van der Waals surface area contributed by atoms with Gasteiger partial charge in [-0.2, -0.15) is 13.2 Å². The van der Waals surface area contributed by atoms with E-state index in [1.165, 1.54) is 24.5 Å². The van der Waals surface area contributed by atoms with Crippen LogP contribution < -0.4 is 16.0 Å². The van der Waals surface area contributed by atoms with E-state index >= 15 is 0 Å². The van der Waals surface area contributed by atoms with Crippen LogP contribution in [0.2, 0.25) is 0 Å². The van der Waals surface area contributed by atoms with Gasteiger partial charge in [-0.1, -0.05) is 30.3 Å². The summed E-state index contributed by atoms with van der Waals surface area (Å²) in [5, 5.41) is 8.79. The topological polar surface area (TPSA) is 69.3 Å². The van der Waals surface area contributed by atoms with Crippen molar-refractivity contribution in [3.8, 4) is 0 Å². The van der Waals surface area contributed by atoms with Crippen LogP contribution in [-0.4, -0.2) is 47.1 Å². The molecular formula is C23H28F3N5O. The molecule has 2 amide bonds. The summed E-state index contributed by atoms with van der Waals surface area (Å²) in [6.45, 7) is 1.67. The minimum absolute atomic E-state index is 0.157. The fourth-order valence-electron chi connectivity index (χ4n) is 4.71. The summed E-state index contributed by atoms with van der Waals surface area (Å²) >= 11 is 0. The van der Waals surface area contributed by atoms with Crippen molar-refractivity contribution in [2.24, 2.45) is 0 Å². The number of halogens is 3. The van der Waals surface area contributed by atoms with Crippen molar-refractivity contribution in [1.29, 1.82) is 0 Å². The SMILES string of the molecule is O=C(NCCNc1ccc(C(F)(F)F)cn1)NC1CC2CCC(C1)N2Cc1ccccc1. The summed E-state index contributed by atoms with van der Waals surface area (Å²) < 4.78 is 37.7. The molecule has 1 aromatic heterocycles. The Bertz CT molecular complexity index is 877. The molecule has 2 atom stereocenters. The summed E-state index contributed by atoms with van der Waals surface area (Å²) in [4.78, 5) is 18.6. The van der Waals surface area contributed by atoms with Gasteiger partial charge < -0.3 is 16.0 Å². The third-order valence-electron chi connectivity index (χ3n) is 6.24. The normalized spacial score (nSPS) is 23.0. The highest BCUT2D eigenvalue weighted by Crippen LogP contribution is 2.36. The van der Waals surface area contributed by atoms with E-state index < -0.39 is 11.7 Å². The fraction of sp³-hybridized carbons (Fsp3) is 0.478. The maximum absolute atomic E-state index is 12.6. The lowest BCUT2D eigenvalue weighted by Crippen LogP contribution is -2.52. The van der Waals surface area contributed by atoms with Crippen molar-refractivity contribution in [2.75, 3.05) is 18.4 Å². The Balaban J connectivity index is 1.16. The van der Waals surface area contributed by atoms with E-state index in [4.69, 9.17) is 0 Å². The highest BCUT2D eigenvalue weighted by Gasteiger charge is 2.40. The third-order valence-corrected chi connectivity index (χ3v) is 6.24. The first-order valence-corrected chi connectivity index (χ1v) is 11.0. The van der Waals surface area contributed by atoms with Crippen molar-refractivity contribution in [1.82, 2.24) is 20.5 Å². The van der Waals surface area contributed by atoms with Gasteiger partial charge in [0.15, 0.2) is 0 Å². The second-order valence-electron chi connectivity index (χ2n) is 8.47. The van der Waals surface area contributed by atoms with Crippen molar-refractivity contribution in [3.05, 3.63) is 59.8 Å². The molecule has 3 N–H and O–H groups in total. The van der Waals surface area contributed by atoms with E-state index in [1.54, 1.807) is 0 Å². The number of nitrogens with one attached hydrogen (secondary N) is 3. The molecular weight excluding hydrogens is 419 g/mol. The molecule has 0 aliphatic carbocycles. The Labute approximate surface area is 185 Å². The van der Waals surface area contributed by atoms with Crippen LogP contribution in [0.15, 0.2) is 48.7 Å². The first kappa shape index (κ1) is 22.4. The highest BCUT2D eigenvalue weighted by molar-refractivity contribution is 5.74. The van der Waals surface area contributed by atoms with Crippen molar-refractivity contribution < 1.29 is 18.0 Å². The Hall–Kier alpha value is -2.81. The fourth-order valence-corrected chi connectivity index (χ4v) is 4.71. The Kier molecular flexibility index (Phi) is 6.83. The lowest BCUT2D eigenvalue weighted by molar-refractivity contribution is -0.137. The molecule has 1 aromatic carbocycles. The predicted molar refractivity (Wildman–Crippen MR) is 116 cm³/mol. The largest absolute Gasteiger partial charge is 0.417 e. The van der Waals surface area contributed by atoms with E-state index in [9.17, 15) is 18.0 Å². The molecule has 2 unspecified atom stereocenters. The summed E-state index contributed by atoms with van der Waals surface area (Å²) in [7, 11) is 0. The van der Waals surface area contributed by atoms with Crippen molar-refractivity contribution in [2.45, 2.75) is 56.5 Å². The van der Waals surface area contributed by atoms with Gasteiger partial charge in [-0.3, -0.25) is 4.90 Å². The Morgan fingerprint density at radius 1 is 1.03 bits per heavy atom. The number of carbonyl (C=O) groups is 1. The van der Waals surface area contributed by atoms with Gasteiger partial charge in [0.25, 0.3) is 0 Å². The molecule has 0 spiro atoms. The molecule has 2 aliphatic rings. The number of hydrogen-bond donors (Lipinski definition) is 3. The molecule has 4 rings (SSSR count). The summed E-state index contributed by atoms with van der Waals surface area (Å²) in [5.41, 5.74) is 0.535.